The summed E-state index contributed by atoms with van der Waals surface area (Å²) in [7, 11) is 0. The third kappa shape index (κ3) is 3.61. The number of aliphatic hydroxyl groups is 2. The van der Waals surface area contributed by atoms with Crippen LogP contribution in [-0.2, 0) is 4.89 Å². The Kier molecular flexibility index (Phi) is 6.76. The Morgan fingerprint density at radius 1 is 1.03 bits per heavy atom. The van der Waals surface area contributed by atoms with E-state index in [1.54, 1.807) is 11.1 Å². The number of allylic oxidation sites excluding steroid dienone is 2. The van der Waals surface area contributed by atoms with E-state index in [0.29, 0.717) is 18.3 Å². The molecule has 0 bridgehead atoms. The fraction of sp³-hybridized carbons (Fsp3) is 0.867. The van der Waals surface area contributed by atoms with Gasteiger partial charge in [0, 0.05) is 6.42 Å². The quantitative estimate of drug-likeness (QED) is 0.222. The molecule has 0 aromatic rings. The van der Waals surface area contributed by atoms with Gasteiger partial charge in [-0.3, -0.25) is 5.26 Å². The van der Waals surface area contributed by atoms with E-state index >= 15 is 0 Å². The maximum Gasteiger partial charge on any atom is 0.116 e. The molecule has 0 aromatic heterocycles. The van der Waals surface area contributed by atoms with Gasteiger partial charge < -0.3 is 10.2 Å². The van der Waals surface area contributed by atoms with Gasteiger partial charge in [0.2, 0.25) is 0 Å². The fourth-order valence-electron chi connectivity index (χ4n) is 9.60. The predicted octanol–water partition coefficient (Wildman–Crippen LogP) is 6.92. The maximum atomic E-state index is 11.2. The molecule has 0 radical (unpaired) electrons. The largest absolute Gasteiger partial charge is 0.393 e. The second kappa shape index (κ2) is 8.71. The van der Waals surface area contributed by atoms with Crippen LogP contribution in [0.5, 0.6) is 0 Å². The minimum absolute atomic E-state index is 0.0291. The van der Waals surface area contributed by atoms with Crippen molar-refractivity contribution in [2.75, 3.05) is 0 Å². The van der Waals surface area contributed by atoms with E-state index in [0.717, 1.165) is 37.7 Å². The van der Waals surface area contributed by atoms with Crippen molar-refractivity contribution in [2.45, 2.75) is 125 Å². The van der Waals surface area contributed by atoms with E-state index in [2.05, 4.69) is 53.0 Å². The van der Waals surface area contributed by atoms with Gasteiger partial charge in [0.15, 0.2) is 0 Å². The average molecular weight is 475 g/mol. The molecule has 4 aliphatic carbocycles. The Labute approximate surface area is 207 Å². The van der Waals surface area contributed by atoms with E-state index in [1.165, 1.54) is 19.3 Å². The first-order valence-corrected chi connectivity index (χ1v) is 13.8. The molecule has 0 heterocycles. The second-order valence-corrected chi connectivity index (χ2v) is 13.8. The molecule has 9 atom stereocenters. The Morgan fingerprint density at radius 3 is 2.32 bits per heavy atom. The number of hydrogen-bond acceptors (Lipinski definition) is 4. The monoisotopic (exact) mass is 474 g/mol. The molecule has 2 saturated carbocycles. The van der Waals surface area contributed by atoms with E-state index in [4.69, 9.17) is 0 Å². The highest BCUT2D eigenvalue weighted by Crippen LogP contribution is 2.72. The van der Waals surface area contributed by atoms with Crippen LogP contribution >= 0.6 is 0 Å². The summed E-state index contributed by atoms with van der Waals surface area (Å²) in [5.41, 5.74) is 4.72. The van der Waals surface area contributed by atoms with E-state index in [1.807, 2.05) is 6.92 Å². The fourth-order valence-corrected chi connectivity index (χ4v) is 9.60. The van der Waals surface area contributed by atoms with Crippen LogP contribution < -0.4 is 0 Å². The molecule has 4 aliphatic rings. The lowest BCUT2D eigenvalue weighted by atomic mass is 9.43. The van der Waals surface area contributed by atoms with Gasteiger partial charge in [-0.15, -0.1) is 0 Å². The molecule has 3 N–H and O–H groups in total. The molecule has 0 saturated heterocycles. The molecule has 4 nitrogen and oxygen atoms in total. The highest BCUT2D eigenvalue weighted by atomic mass is 17.1. The average Bonchev–Trinajstić information content (AvgIpc) is 3.05. The Morgan fingerprint density at radius 2 is 1.71 bits per heavy atom. The second-order valence-electron chi connectivity index (χ2n) is 13.8. The maximum absolute atomic E-state index is 11.2. The Bertz CT molecular complexity index is 845. The summed E-state index contributed by atoms with van der Waals surface area (Å²) < 4.78 is 0. The number of fused-ring (bicyclic) bond motifs is 4. The molecule has 0 aromatic carbocycles. The van der Waals surface area contributed by atoms with Gasteiger partial charge in [0.25, 0.3) is 0 Å². The van der Waals surface area contributed by atoms with Crippen molar-refractivity contribution in [1.82, 2.24) is 0 Å². The van der Waals surface area contributed by atoms with Crippen LogP contribution in [0.15, 0.2) is 23.3 Å². The van der Waals surface area contributed by atoms with Crippen molar-refractivity contribution in [3.8, 4) is 0 Å². The Hall–Kier alpha value is -0.680. The molecular formula is C30H50O4. The Balaban J connectivity index is 1.63. The lowest BCUT2D eigenvalue weighted by molar-refractivity contribution is -0.274. The van der Waals surface area contributed by atoms with Crippen LogP contribution in [0, 0.1) is 39.4 Å². The highest BCUT2D eigenvalue weighted by molar-refractivity contribution is 5.38. The summed E-state index contributed by atoms with van der Waals surface area (Å²) in [4.78, 5) is 4.62. The van der Waals surface area contributed by atoms with Crippen molar-refractivity contribution >= 4 is 0 Å². The van der Waals surface area contributed by atoms with Gasteiger partial charge >= 0.3 is 0 Å². The summed E-state index contributed by atoms with van der Waals surface area (Å²) in [6.07, 6.45) is 8.19. The molecule has 1 unspecified atom stereocenters. The third-order valence-electron chi connectivity index (χ3n) is 12.2. The first-order valence-electron chi connectivity index (χ1n) is 13.8. The third-order valence-corrected chi connectivity index (χ3v) is 12.2. The first kappa shape index (κ1) is 26.4. The van der Waals surface area contributed by atoms with Crippen molar-refractivity contribution < 1.29 is 20.4 Å². The molecular weight excluding hydrogens is 424 g/mol. The number of aliphatic hydroxyl groups excluding tert-OH is 2. The first-order chi connectivity index (χ1) is 15.7. The number of rotatable bonds is 6. The van der Waals surface area contributed by atoms with Crippen molar-refractivity contribution in [1.29, 1.82) is 0 Å². The van der Waals surface area contributed by atoms with Crippen molar-refractivity contribution in [2.24, 2.45) is 39.4 Å². The van der Waals surface area contributed by atoms with Gasteiger partial charge in [-0.1, -0.05) is 59.3 Å². The zero-order valence-corrected chi connectivity index (χ0v) is 22.8. The highest BCUT2D eigenvalue weighted by Gasteiger charge is 2.63. The van der Waals surface area contributed by atoms with Gasteiger partial charge in [-0.2, -0.15) is 0 Å². The summed E-state index contributed by atoms with van der Waals surface area (Å²) in [5.74, 6) is 1.13. The van der Waals surface area contributed by atoms with Crippen molar-refractivity contribution in [3.63, 3.8) is 0 Å². The van der Waals surface area contributed by atoms with E-state index < -0.39 is 12.2 Å². The lowest BCUT2D eigenvalue weighted by Crippen LogP contribution is -2.55. The molecule has 0 aliphatic heterocycles. The summed E-state index contributed by atoms with van der Waals surface area (Å²) in [5, 5.41) is 31.3. The van der Waals surface area contributed by atoms with Crippen molar-refractivity contribution in [3.05, 3.63) is 23.3 Å². The topological polar surface area (TPSA) is 69.9 Å². The SMILES string of the molecule is C=C(C)C(C[C@@H](O)[C@@H](C)[C@H]1CC[C@@]2(C)C3=C(CC[C@]12C)[C@@]1(C)CC[C@H](O)C(C)(C)[C@@H]1CC3)OO. The summed E-state index contributed by atoms with van der Waals surface area (Å²) >= 11 is 0. The molecule has 4 rings (SSSR count). The molecule has 34 heavy (non-hydrogen) atoms. The molecule has 2 fully saturated rings. The molecule has 0 spiro atoms. The van der Waals surface area contributed by atoms with Crippen LogP contribution in [0.1, 0.15) is 106 Å². The molecule has 0 amide bonds. The summed E-state index contributed by atoms with van der Waals surface area (Å²) in [6, 6.07) is 0. The van der Waals surface area contributed by atoms with E-state index in [9.17, 15) is 15.5 Å². The zero-order valence-electron chi connectivity index (χ0n) is 22.8. The smallest absolute Gasteiger partial charge is 0.116 e. The minimum atomic E-state index is -0.526. The molecule has 4 heteroatoms. The van der Waals surface area contributed by atoms with Gasteiger partial charge in [0.05, 0.1) is 12.2 Å². The normalized spacial score (nSPS) is 44.0. The van der Waals surface area contributed by atoms with Crippen LogP contribution in [0.3, 0.4) is 0 Å². The zero-order chi connectivity index (χ0) is 25.3. The predicted molar refractivity (Wildman–Crippen MR) is 137 cm³/mol. The minimum Gasteiger partial charge on any atom is -0.393 e. The van der Waals surface area contributed by atoms with Crippen LogP contribution in [0.2, 0.25) is 0 Å². The van der Waals surface area contributed by atoms with Gasteiger partial charge in [-0.25, -0.2) is 4.89 Å². The van der Waals surface area contributed by atoms with Gasteiger partial charge in [-0.05, 0) is 103 Å². The lowest BCUT2D eigenvalue weighted by Gasteiger charge is -2.62. The molecule has 194 valence electrons. The van der Waals surface area contributed by atoms with Crippen LogP contribution in [0.4, 0.5) is 0 Å². The van der Waals surface area contributed by atoms with Gasteiger partial charge in [0.1, 0.15) is 6.10 Å². The summed E-state index contributed by atoms with van der Waals surface area (Å²) in [6.45, 7) is 20.1. The van der Waals surface area contributed by atoms with Crippen LogP contribution in [-0.4, -0.2) is 33.8 Å². The standard InChI is InChI=1S/C30H50O4/c1-18(2)24(34-33)17-23(31)19(3)20-11-15-30(8)22-9-10-25-27(4,5)26(32)13-14-28(25,6)21(22)12-16-29(20,30)7/h19-20,23-26,31-33H,1,9-17H2,2-8H3/t19-,20+,23+,24?,25-,26-,28+,29+,30-/m0/s1. The number of hydrogen-bond donors (Lipinski definition) is 3. The van der Waals surface area contributed by atoms with Crippen LogP contribution in [0.25, 0.3) is 0 Å². The van der Waals surface area contributed by atoms with E-state index in [-0.39, 0.29) is 33.7 Å².